The Labute approximate surface area is 260 Å². The number of hydrogen-bond acceptors (Lipinski definition) is 7. The third-order valence-corrected chi connectivity index (χ3v) is 9.18. The minimum Gasteiger partial charge on any atom is -0.473 e. The molecule has 2 amide bonds. The number of carboxylic acid groups (broad SMARTS) is 2. The minimum absolute atomic E-state index is 0. The lowest BCUT2D eigenvalue weighted by molar-refractivity contribution is -0.159. The molecule has 0 radical (unpaired) electrons. The van der Waals surface area contributed by atoms with Gasteiger partial charge >= 0.3 is 11.9 Å². The van der Waals surface area contributed by atoms with E-state index >= 15 is 0 Å². The van der Waals surface area contributed by atoms with Crippen molar-refractivity contribution in [3.05, 3.63) is 29.8 Å². The summed E-state index contributed by atoms with van der Waals surface area (Å²) < 4.78 is 23.3. The van der Waals surface area contributed by atoms with Crippen molar-refractivity contribution in [2.45, 2.75) is 101 Å². The molecule has 6 N–H and O–H groups in total. The van der Waals surface area contributed by atoms with Crippen LogP contribution in [0.5, 0.6) is 0 Å². The molecule has 2 aliphatic carbocycles. The Hall–Kier alpha value is -3.07. The fourth-order valence-corrected chi connectivity index (χ4v) is 6.43. The van der Waals surface area contributed by atoms with Crippen molar-refractivity contribution in [1.82, 2.24) is 14.7 Å². The summed E-state index contributed by atoms with van der Waals surface area (Å²) in [6.07, 6.45) is 12.0. The summed E-state index contributed by atoms with van der Waals surface area (Å²) in [5.41, 5.74) is 0.366. The van der Waals surface area contributed by atoms with Gasteiger partial charge in [0.05, 0.1) is 4.90 Å². The van der Waals surface area contributed by atoms with Crippen molar-refractivity contribution in [3.63, 3.8) is 0 Å². The number of benzene rings is 1. The third-order valence-electron chi connectivity index (χ3n) is 8.25. The number of carbonyl (C=O) groups excluding carboxylic acids is 2. The fourth-order valence-electron chi connectivity index (χ4n) is 5.92. The van der Waals surface area contributed by atoms with E-state index in [9.17, 15) is 18.0 Å². The van der Waals surface area contributed by atoms with Gasteiger partial charge in [0.1, 0.15) is 6.54 Å². The Morgan fingerprint density at radius 1 is 0.795 bits per heavy atom. The second-order valence-corrected chi connectivity index (χ2v) is 12.7. The highest BCUT2D eigenvalue weighted by molar-refractivity contribution is 7.89. The van der Waals surface area contributed by atoms with E-state index < -0.39 is 22.0 Å². The van der Waals surface area contributed by atoms with Gasteiger partial charge in [0.2, 0.25) is 15.9 Å². The molecular weight excluding hydrogens is 592 g/mol. The van der Waals surface area contributed by atoms with E-state index in [-0.39, 0.29) is 40.8 Å². The summed E-state index contributed by atoms with van der Waals surface area (Å²) in [7, 11) is -3.84. The van der Waals surface area contributed by atoms with Crippen molar-refractivity contribution in [2.75, 3.05) is 32.7 Å². The fraction of sp³-hybridized carbons (Fsp3) is 0.667. The molecule has 2 aliphatic rings. The van der Waals surface area contributed by atoms with Gasteiger partial charge in [-0.05, 0) is 76.0 Å². The van der Waals surface area contributed by atoms with Gasteiger partial charge in [0, 0.05) is 24.2 Å². The summed E-state index contributed by atoms with van der Waals surface area (Å²) in [5.74, 6) is -3.85. The van der Waals surface area contributed by atoms with Gasteiger partial charge in [0.15, 0.2) is 0 Å². The van der Waals surface area contributed by atoms with Gasteiger partial charge in [0.25, 0.3) is 5.91 Å². The number of amides is 2. The van der Waals surface area contributed by atoms with Crippen LogP contribution in [0, 0.1) is 0 Å². The Bertz CT molecular complexity index is 1130. The zero-order chi connectivity index (χ0) is 32.0. The lowest BCUT2D eigenvalue weighted by atomic mass is 9.88. The van der Waals surface area contributed by atoms with Crippen LogP contribution in [0.4, 0.5) is 0 Å². The van der Waals surface area contributed by atoms with Crippen LogP contribution in [-0.2, 0) is 24.4 Å². The number of carbonyl (C=O) groups is 4. The number of carboxylic acids is 2. The van der Waals surface area contributed by atoms with E-state index in [2.05, 4.69) is 23.6 Å². The zero-order valence-corrected chi connectivity index (χ0v) is 26.8. The minimum atomic E-state index is -3.84. The molecule has 250 valence electrons. The highest BCUT2D eigenvalue weighted by Gasteiger charge is 2.34. The lowest BCUT2D eigenvalue weighted by Gasteiger charge is -2.42. The number of sulfonamides is 1. The maximum Gasteiger partial charge on any atom is 0.414 e. The quantitative estimate of drug-likeness (QED) is 0.285. The standard InChI is InChI=1S/C28H46N4O4S.C2H2O4.H2O/c1-3-30(4-2)20-11-21-31(28(34)23-16-18-26(19-17-23)37(29,35)36)22-27(33)32(24-12-7-5-8-13-24)25-14-9-6-10-15-25;3-1(4)2(5)6;/h16-19,24-25H,3-15,20-22H2,1-2H3,(H2,29,35,36);(H,3,4)(H,5,6);1H2. The summed E-state index contributed by atoms with van der Waals surface area (Å²) in [6.45, 7) is 7.50. The molecule has 2 fully saturated rings. The van der Waals surface area contributed by atoms with Crippen LogP contribution in [0.3, 0.4) is 0 Å². The number of rotatable bonds is 12. The molecule has 13 nitrogen and oxygen atoms in total. The predicted molar refractivity (Wildman–Crippen MR) is 166 cm³/mol. The van der Waals surface area contributed by atoms with Gasteiger partial charge in [-0.2, -0.15) is 0 Å². The lowest BCUT2D eigenvalue weighted by Crippen LogP contribution is -2.53. The Morgan fingerprint density at radius 3 is 1.64 bits per heavy atom. The second kappa shape index (κ2) is 19.3. The summed E-state index contributed by atoms with van der Waals surface area (Å²) in [5, 5.41) is 20.0. The van der Waals surface area contributed by atoms with Crippen LogP contribution >= 0.6 is 0 Å². The SMILES string of the molecule is CCN(CC)CCCN(CC(=O)N(C1CCCCC1)C1CCCCC1)C(=O)c1ccc(S(N)(=O)=O)cc1.O.O=C(O)C(=O)O. The van der Waals surface area contributed by atoms with Gasteiger partial charge in [-0.1, -0.05) is 52.4 Å². The van der Waals surface area contributed by atoms with Crippen LogP contribution in [0.15, 0.2) is 29.2 Å². The average molecular weight is 643 g/mol. The van der Waals surface area contributed by atoms with Crippen molar-refractivity contribution in [3.8, 4) is 0 Å². The summed E-state index contributed by atoms with van der Waals surface area (Å²) >= 11 is 0. The van der Waals surface area contributed by atoms with E-state index in [4.69, 9.17) is 24.9 Å². The maximum absolute atomic E-state index is 13.9. The first kappa shape index (κ1) is 39.0. The summed E-state index contributed by atoms with van der Waals surface area (Å²) in [4.78, 5) is 51.8. The van der Waals surface area contributed by atoms with E-state index in [1.54, 1.807) is 4.90 Å². The molecule has 0 aromatic heterocycles. The first-order valence-electron chi connectivity index (χ1n) is 15.3. The average Bonchev–Trinajstić information content (AvgIpc) is 2.99. The van der Waals surface area contributed by atoms with Crippen molar-refractivity contribution < 1.29 is 43.3 Å². The zero-order valence-electron chi connectivity index (χ0n) is 25.9. The van der Waals surface area contributed by atoms with Crippen LogP contribution in [0.2, 0.25) is 0 Å². The number of nitrogens with zero attached hydrogens (tertiary/aromatic N) is 3. The molecule has 3 rings (SSSR count). The number of hydrogen-bond donors (Lipinski definition) is 3. The largest absolute Gasteiger partial charge is 0.473 e. The summed E-state index contributed by atoms with van der Waals surface area (Å²) in [6, 6.07) is 6.23. The normalized spacial score (nSPS) is 15.8. The van der Waals surface area contributed by atoms with Gasteiger partial charge in [-0.15, -0.1) is 0 Å². The maximum atomic E-state index is 13.9. The highest BCUT2D eigenvalue weighted by Crippen LogP contribution is 2.30. The van der Waals surface area contributed by atoms with Crippen LogP contribution in [-0.4, -0.2) is 107 Å². The van der Waals surface area contributed by atoms with Gasteiger partial charge in [-0.3, -0.25) is 9.59 Å². The molecular formula is C30H50N4O9S. The van der Waals surface area contributed by atoms with E-state index in [0.717, 1.165) is 77.4 Å². The monoisotopic (exact) mass is 642 g/mol. The first-order chi connectivity index (χ1) is 20.4. The predicted octanol–water partition coefficient (Wildman–Crippen LogP) is 2.33. The third kappa shape index (κ3) is 12.5. The molecule has 0 saturated heterocycles. The van der Waals surface area contributed by atoms with Gasteiger partial charge < -0.3 is 30.4 Å². The molecule has 14 heteroatoms. The highest BCUT2D eigenvalue weighted by atomic mass is 32.2. The molecule has 0 unspecified atom stereocenters. The molecule has 1 aromatic carbocycles. The van der Waals surface area contributed by atoms with E-state index in [1.165, 1.54) is 37.1 Å². The van der Waals surface area contributed by atoms with Crippen molar-refractivity contribution >= 4 is 33.8 Å². The van der Waals surface area contributed by atoms with Crippen LogP contribution < -0.4 is 5.14 Å². The molecule has 1 aromatic rings. The molecule has 0 bridgehead atoms. The molecule has 44 heavy (non-hydrogen) atoms. The Morgan fingerprint density at radius 2 is 1.25 bits per heavy atom. The Kier molecular flexibility index (Phi) is 17.1. The molecule has 0 aliphatic heterocycles. The van der Waals surface area contributed by atoms with Crippen LogP contribution in [0.1, 0.15) is 94.8 Å². The smallest absolute Gasteiger partial charge is 0.414 e. The van der Waals surface area contributed by atoms with Crippen molar-refractivity contribution in [2.24, 2.45) is 5.14 Å². The first-order valence-corrected chi connectivity index (χ1v) is 16.9. The molecule has 0 spiro atoms. The topological polar surface area (TPSA) is 210 Å². The number of aliphatic carboxylic acids is 2. The van der Waals surface area contributed by atoms with Crippen molar-refractivity contribution in [1.29, 1.82) is 0 Å². The molecule has 2 saturated carbocycles. The van der Waals surface area contributed by atoms with Crippen LogP contribution in [0.25, 0.3) is 0 Å². The second-order valence-electron chi connectivity index (χ2n) is 11.2. The Balaban J connectivity index is 0.00000125. The van der Waals surface area contributed by atoms with E-state index in [0.29, 0.717) is 12.1 Å². The molecule has 0 heterocycles. The van der Waals surface area contributed by atoms with Gasteiger partial charge in [-0.25, -0.2) is 23.1 Å². The molecule has 0 atom stereocenters. The number of primary sulfonamides is 1. The number of nitrogens with two attached hydrogens (primary N) is 1. The van der Waals surface area contributed by atoms with E-state index in [1.807, 2.05) is 0 Å².